The van der Waals surface area contributed by atoms with Crippen molar-refractivity contribution in [3.8, 4) is 5.75 Å². The van der Waals surface area contributed by atoms with Crippen LogP contribution in [0.1, 0.15) is 41.1 Å². The zero-order valence-electron chi connectivity index (χ0n) is 21.7. The van der Waals surface area contributed by atoms with Crippen molar-refractivity contribution in [3.05, 3.63) is 101 Å². The van der Waals surface area contributed by atoms with Gasteiger partial charge >= 0.3 is 12.1 Å². The highest BCUT2D eigenvalue weighted by Crippen LogP contribution is 2.30. The second-order valence-electron chi connectivity index (χ2n) is 10.0. The number of hydrogen-bond acceptors (Lipinski definition) is 6. The molecule has 198 valence electrons. The Balaban J connectivity index is 1.28. The van der Waals surface area contributed by atoms with Crippen LogP contribution in [0.5, 0.6) is 5.75 Å². The Morgan fingerprint density at radius 1 is 0.921 bits per heavy atom. The Bertz CT molecular complexity index is 1240. The van der Waals surface area contributed by atoms with Gasteiger partial charge < -0.3 is 19.5 Å². The minimum atomic E-state index is -0.397. The average Bonchev–Trinajstić information content (AvgIpc) is 2.96. The molecular formula is C31H34N2O5. The van der Waals surface area contributed by atoms with Crippen molar-refractivity contribution in [2.24, 2.45) is 5.92 Å². The van der Waals surface area contributed by atoms with E-state index >= 15 is 0 Å². The zero-order valence-corrected chi connectivity index (χ0v) is 21.7. The van der Waals surface area contributed by atoms with Gasteiger partial charge in [0.2, 0.25) is 0 Å². The summed E-state index contributed by atoms with van der Waals surface area (Å²) < 4.78 is 16.8. The number of carbonyl (C=O) groups is 2. The third kappa shape index (κ3) is 6.53. The van der Waals surface area contributed by atoms with E-state index in [0.29, 0.717) is 18.3 Å². The van der Waals surface area contributed by atoms with Crippen LogP contribution in [0.2, 0.25) is 0 Å². The summed E-state index contributed by atoms with van der Waals surface area (Å²) in [6.45, 7) is 3.37. The fraction of sp³-hybridized carbons (Fsp3) is 0.355. The lowest BCUT2D eigenvalue weighted by atomic mass is 9.86. The molecule has 3 aliphatic heterocycles. The number of fused-ring (bicyclic) bond motifs is 3. The molecule has 3 aliphatic rings. The van der Waals surface area contributed by atoms with Crippen molar-refractivity contribution in [1.29, 1.82) is 0 Å². The number of ether oxygens (including phenoxy) is 3. The van der Waals surface area contributed by atoms with E-state index < -0.39 is 6.09 Å². The fourth-order valence-electron chi connectivity index (χ4n) is 5.36. The second-order valence-corrected chi connectivity index (χ2v) is 10.0. The van der Waals surface area contributed by atoms with Gasteiger partial charge in [-0.3, -0.25) is 9.69 Å². The van der Waals surface area contributed by atoms with E-state index in [1.807, 2.05) is 78.9 Å². The number of alkyl carbamates (subject to hydrolysis) is 1. The van der Waals surface area contributed by atoms with Crippen molar-refractivity contribution in [1.82, 2.24) is 10.2 Å². The van der Waals surface area contributed by atoms with Crippen LogP contribution in [-0.2, 0) is 27.3 Å². The highest BCUT2D eigenvalue weighted by Gasteiger charge is 2.36. The van der Waals surface area contributed by atoms with E-state index in [9.17, 15) is 9.59 Å². The monoisotopic (exact) mass is 514 g/mol. The molecule has 0 spiro atoms. The van der Waals surface area contributed by atoms with Crippen molar-refractivity contribution < 1.29 is 23.8 Å². The van der Waals surface area contributed by atoms with Gasteiger partial charge in [0, 0.05) is 6.54 Å². The first-order valence-electron chi connectivity index (χ1n) is 13.2. The van der Waals surface area contributed by atoms with Crippen molar-refractivity contribution in [2.75, 3.05) is 26.7 Å². The quantitative estimate of drug-likeness (QED) is 0.410. The van der Waals surface area contributed by atoms with Gasteiger partial charge in [-0.05, 0) is 66.2 Å². The van der Waals surface area contributed by atoms with Crippen LogP contribution in [-0.4, -0.2) is 49.8 Å². The van der Waals surface area contributed by atoms with Crippen LogP contribution < -0.4 is 10.1 Å². The zero-order chi connectivity index (χ0) is 26.3. The molecule has 6 rings (SSSR count). The van der Waals surface area contributed by atoms with Gasteiger partial charge in [0.05, 0.1) is 19.6 Å². The Morgan fingerprint density at radius 3 is 2.39 bits per heavy atom. The molecule has 2 bridgehead atoms. The third-order valence-corrected chi connectivity index (χ3v) is 7.41. The molecule has 3 fully saturated rings. The van der Waals surface area contributed by atoms with Crippen LogP contribution in [0.15, 0.2) is 78.9 Å². The van der Waals surface area contributed by atoms with Gasteiger partial charge in [0.1, 0.15) is 18.5 Å². The lowest BCUT2D eigenvalue weighted by Gasteiger charge is -2.43. The lowest BCUT2D eigenvalue weighted by molar-refractivity contribution is -0.139. The number of benzene rings is 3. The Labute approximate surface area is 223 Å². The van der Waals surface area contributed by atoms with E-state index in [0.717, 1.165) is 54.7 Å². The summed E-state index contributed by atoms with van der Waals surface area (Å²) in [4.78, 5) is 27.0. The fourth-order valence-corrected chi connectivity index (χ4v) is 5.36. The molecule has 3 saturated heterocycles. The topological polar surface area (TPSA) is 77.1 Å². The standard InChI is InChI=1S/C31H34N2O5/c1-36-29(34)18-22-7-5-8-23(17-22)21-37-27-12-6-11-26(19-27)30(25-9-3-2-4-10-25)32-31(35)38-28-20-33-15-13-24(28)14-16-33/h2-12,17,19,24,28,30H,13-16,18,20-21H2,1H3,(H,32,35). The molecule has 7 heteroatoms. The van der Waals surface area contributed by atoms with Gasteiger partial charge in [-0.2, -0.15) is 0 Å². The van der Waals surface area contributed by atoms with Gasteiger partial charge in [-0.1, -0.05) is 66.7 Å². The lowest BCUT2D eigenvalue weighted by Crippen LogP contribution is -2.52. The minimum Gasteiger partial charge on any atom is -0.489 e. The molecule has 0 aliphatic carbocycles. The van der Waals surface area contributed by atoms with Crippen molar-refractivity contribution >= 4 is 12.1 Å². The van der Waals surface area contributed by atoms with Crippen LogP contribution in [0.3, 0.4) is 0 Å². The van der Waals surface area contributed by atoms with Gasteiger partial charge in [-0.15, -0.1) is 0 Å². The number of carbonyl (C=O) groups excluding carboxylic acids is 2. The molecule has 0 radical (unpaired) electrons. The number of nitrogens with zero attached hydrogens (tertiary/aromatic N) is 1. The first-order chi connectivity index (χ1) is 18.6. The number of nitrogens with one attached hydrogen (secondary N) is 1. The summed E-state index contributed by atoms with van der Waals surface area (Å²) in [6, 6.07) is 25.0. The molecule has 1 N–H and O–H groups in total. The van der Waals surface area contributed by atoms with Gasteiger partial charge in [-0.25, -0.2) is 4.79 Å². The molecular weight excluding hydrogens is 480 g/mol. The van der Waals surface area contributed by atoms with Crippen molar-refractivity contribution in [2.45, 2.75) is 38.0 Å². The molecule has 3 aromatic rings. The minimum absolute atomic E-state index is 0.0569. The Kier molecular flexibility index (Phi) is 8.24. The molecule has 2 unspecified atom stereocenters. The predicted molar refractivity (Wildman–Crippen MR) is 144 cm³/mol. The van der Waals surface area contributed by atoms with Crippen molar-refractivity contribution in [3.63, 3.8) is 0 Å². The first-order valence-corrected chi connectivity index (χ1v) is 13.2. The predicted octanol–water partition coefficient (Wildman–Crippen LogP) is 4.89. The summed E-state index contributed by atoms with van der Waals surface area (Å²) in [5, 5.41) is 3.11. The number of esters is 1. The maximum absolute atomic E-state index is 13.1. The highest BCUT2D eigenvalue weighted by molar-refractivity contribution is 5.72. The molecule has 2 atom stereocenters. The van der Waals surface area contributed by atoms with E-state index in [1.54, 1.807) is 0 Å². The number of methoxy groups -OCH3 is 1. The van der Waals surface area contributed by atoms with E-state index in [4.69, 9.17) is 14.2 Å². The van der Waals surface area contributed by atoms with E-state index in [1.165, 1.54) is 7.11 Å². The summed E-state index contributed by atoms with van der Waals surface area (Å²) in [5.74, 6) is 0.861. The molecule has 3 heterocycles. The molecule has 0 saturated carbocycles. The smallest absolute Gasteiger partial charge is 0.408 e. The Morgan fingerprint density at radius 2 is 1.66 bits per heavy atom. The maximum Gasteiger partial charge on any atom is 0.408 e. The number of piperidine rings is 3. The summed E-state index contributed by atoms with van der Waals surface area (Å²) in [5.41, 5.74) is 3.70. The van der Waals surface area contributed by atoms with Crippen LogP contribution in [0.25, 0.3) is 0 Å². The summed E-state index contributed by atoms with van der Waals surface area (Å²) >= 11 is 0. The molecule has 3 aromatic carbocycles. The van der Waals surface area contributed by atoms with Crippen LogP contribution >= 0.6 is 0 Å². The molecule has 7 nitrogen and oxygen atoms in total. The van der Waals surface area contributed by atoms with Crippen LogP contribution in [0, 0.1) is 5.92 Å². The van der Waals surface area contributed by atoms with E-state index in [2.05, 4.69) is 10.2 Å². The average molecular weight is 515 g/mol. The number of amides is 1. The Hall–Kier alpha value is -3.84. The largest absolute Gasteiger partial charge is 0.489 e. The number of hydrogen-bond donors (Lipinski definition) is 1. The molecule has 38 heavy (non-hydrogen) atoms. The normalized spacial score (nSPS) is 20.8. The van der Waals surface area contributed by atoms with Gasteiger partial charge in [0.15, 0.2) is 0 Å². The molecule has 0 aromatic heterocycles. The molecule has 1 amide bonds. The van der Waals surface area contributed by atoms with E-state index in [-0.39, 0.29) is 24.5 Å². The number of rotatable bonds is 9. The van der Waals surface area contributed by atoms with Crippen LogP contribution in [0.4, 0.5) is 4.79 Å². The highest BCUT2D eigenvalue weighted by atomic mass is 16.6. The summed E-state index contributed by atoms with van der Waals surface area (Å²) in [6.07, 6.45) is 1.95. The SMILES string of the molecule is COC(=O)Cc1cccc(COc2cccc(C(NC(=O)OC3CN4CCC3CC4)c3ccccc3)c2)c1. The second kappa shape index (κ2) is 12.1. The third-order valence-electron chi connectivity index (χ3n) is 7.41. The summed E-state index contributed by atoms with van der Waals surface area (Å²) in [7, 11) is 1.39. The maximum atomic E-state index is 13.1. The first kappa shape index (κ1) is 25.8. The van der Waals surface area contributed by atoms with Gasteiger partial charge in [0.25, 0.3) is 0 Å².